The molecule has 1 aromatic carbocycles. The van der Waals surface area contributed by atoms with Crippen molar-refractivity contribution in [2.45, 2.75) is 43.9 Å². The number of methoxy groups -OCH3 is 2. The fourth-order valence-electron chi connectivity index (χ4n) is 3.74. The van der Waals surface area contributed by atoms with Crippen LogP contribution < -0.4 is 20.5 Å². The van der Waals surface area contributed by atoms with Crippen LogP contribution in [-0.4, -0.2) is 68.8 Å². The number of piperidine rings is 1. The lowest BCUT2D eigenvalue weighted by molar-refractivity contribution is -0.132. The first-order chi connectivity index (χ1) is 13.5. The molecule has 2 fully saturated rings. The van der Waals surface area contributed by atoms with Crippen LogP contribution >= 0.6 is 12.4 Å². The summed E-state index contributed by atoms with van der Waals surface area (Å²) in [5, 5.41) is 3.06. The Labute approximate surface area is 177 Å². The van der Waals surface area contributed by atoms with Crippen LogP contribution in [0.5, 0.6) is 11.5 Å². The molecular formula is C20H30ClN3O5. The summed E-state index contributed by atoms with van der Waals surface area (Å²) in [6.07, 6.45) is 2.56. The molecule has 0 aliphatic carbocycles. The van der Waals surface area contributed by atoms with Gasteiger partial charge in [-0.15, -0.1) is 12.4 Å². The van der Waals surface area contributed by atoms with Crippen LogP contribution in [0.4, 0.5) is 0 Å². The van der Waals surface area contributed by atoms with Gasteiger partial charge in [0, 0.05) is 31.2 Å². The van der Waals surface area contributed by atoms with Gasteiger partial charge in [0.2, 0.25) is 5.91 Å². The first kappa shape index (κ1) is 23.3. The molecule has 0 saturated carbocycles. The highest BCUT2D eigenvalue weighted by molar-refractivity contribution is 5.95. The summed E-state index contributed by atoms with van der Waals surface area (Å²) in [6.45, 7) is 1.63. The average Bonchev–Trinajstić information content (AvgIpc) is 3.23. The van der Waals surface area contributed by atoms with Gasteiger partial charge in [-0.3, -0.25) is 9.59 Å². The van der Waals surface area contributed by atoms with Gasteiger partial charge in [-0.2, -0.15) is 0 Å². The third-order valence-corrected chi connectivity index (χ3v) is 5.42. The van der Waals surface area contributed by atoms with Crippen molar-refractivity contribution in [2.24, 2.45) is 5.73 Å². The van der Waals surface area contributed by atoms with E-state index in [9.17, 15) is 9.59 Å². The molecule has 9 heteroatoms. The molecule has 2 aliphatic heterocycles. The van der Waals surface area contributed by atoms with Crippen molar-refractivity contribution in [3.63, 3.8) is 0 Å². The SMILES string of the molecule is COc1ccc(C(=O)N2CCC(NC(=O)[C@@H]3CC[C@H](CN)O3)CC2)cc1OC.Cl. The number of halogens is 1. The number of carbonyl (C=O) groups excluding carboxylic acids is 2. The highest BCUT2D eigenvalue weighted by Crippen LogP contribution is 2.28. The zero-order valence-corrected chi connectivity index (χ0v) is 17.7. The van der Waals surface area contributed by atoms with Crippen molar-refractivity contribution >= 4 is 24.2 Å². The maximum absolute atomic E-state index is 12.8. The lowest BCUT2D eigenvalue weighted by Crippen LogP contribution is -2.48. The predicted octanol–water partition coefficient (Wildman–Crippen LogP) is 1.35. The van der Waals surface area contributed by atoms with Gasteiger partial charge < -0.3 is 30.2 Å². The number of nitrogens with one attached hydrogen (secondary N) is 1. The summed E-state index contributed by atoms with van der Waals surface area (Å²) in [6, 6.07) is 5.22. The number of carbonyl (C=O) groups is 2. The van der Waals surface area contributed by atoms with Gasteiger partial charge in [-0.1, -0.05) is 0 Å². The van der Waals surface area contributed by atoms with Gasteiger partial charge in [-0.25, -0.2) is 0 Å². The lowest BCUT2D eigenvalue weighted by Gasteiger charge is -2.33. The number of hydrogen-bond donors (Lipinski definition) is 2. The van der Waals surface area contributed by atoms with Crippen molar-refractivity contribution in [2.75, 3.05) is 33.9 Å². The van der Waals surface area contributed by atoms with Crippen molar-refractivity contribution in [3.8, 4) is 11.5 Å². The molecule has 1 aromatic rings. The Morgan fingerprint density at radius 1 is 1.14 bits per heavy atom. The summed E-state index contributed by atoms with van der Waals surface area (Å²) in [5.41, 5.74) is 6.16. The minimum Gasteiger partial charge on any atom is -0.493 e. The van der Waals surface area contributed by atoms with Crippen molar-refractivity contribution in [1.82, 2.24) is 10.2 Å². The van der Waals surface area contributed by atoms with Gasteiger partial charge in [-0.05, 0) is 43.9 Å². The molecule has 0 radical (unpaired) electrons. The Hall–Kier alpha value is -2.03. The average molecular weight is 428 g/mol. The van der Waals surface area contributed by atoms with Crippen LogP contribution in [0.15, 0.2) is 18.2 Å². The first-order valence-corrected chi connectivity index (χ1v) is 9.73. The first-order valence-electron chi connectivity index (χ1n) is 9.73. The molecule has 2 amide bonds. The molecule has 2 saturated heterocycles. The molecular weight excluding hydrogens is 398 g/mol. The number of amides is 2. The number of hydrogen-bond acceptors (Lipinski definition) is 6. The number of ether oxygens (including phenoxy) is 3. The number of rotatable bonds is 6. The normalized spacial score (nSPS) is 22.0. The van der Waals surface area contributed by atoms with Crippen molar-refractivity contribution in [1.29, 1.82) is 0 Å². The lowest BCUT2D eigenvalue weighted by atomic mass is 10.0. The minimum absolute atomic E-state index is 0. The van der Waals surface area contributed by atoms with Gasteiger partial charge in [0.25, 0.3) is 5.91 Å². The Balaban J connectivity index is 0.00000300. The van der Waals surface area contributed by atoms with E-state index >= 15 is 0 Å². The molecule has 0 spiro atoms. The van der Waals surface area contributed by atoms with E-state index in [2.05, 4.69) is 5.32 Å². The summed E-state index contributed by atoms with van der Waals surface area (Å²) < 4.78 is 16.1. The summed E-state index contributed by atoms with van der Waals surface area (Å²) in [4.78, 5) is 27.0. The summed E-state index contributed by atoms with van der Waals surface area (Å²) in [5.74, 6) is 1.01. The van der Waals surface area contributed by atoms with Crippen LogP contribution in [-0.2, 0) is 9.53 Å². The molecule has 0 bridgehead atoms. The largest absolute Gasteiger partial charge is 0.493 e. The van der Waals surface area contributed by atoms with Gasteiger partial charge in [0.1, 0.15) is 6.10 Å². The minimum atomic E-state index is -0.403. The highest BCUT2D eigenvalue weighted by atomic mass is 35.5. The molecule has 2 aliphatic rings. The second-order valence-electron chi connectivity index (χ2n) is 7.20. The molecule has 3 N–H and O–H groups in total. The van der Waals surface area contributed by atoms with E-state index in [4.69, 9.17) is 19.9 Å². The van der Waals surface area contributed by atoms with E-state index in [0.29, 0.717) is 43.1 Å². The van der Waals surface area contributed by atoms with Gasteiger partial charge in [0.05, 0.1) is 20.3 Å². The summed E-state index contributed by atoms with van der Waals surface area (Å²) in [7, 11) is 3.11. The molecule has 0 unspecified atom stereocenters. The van der Waals surface area contributed by atoms with Gasteiger partial charge in [0.15, 0.2) is 11.5 Å². The van der Waals surface area contributed by atoms with Crippen LogP contribution in [0.2, 0.25) is 0 Å². The van der Waals surface area contributed by atoms with E-state index in [1.54, 1.807) is 37.3 Å². The Kier molecular flexibility index (Phi) is 8.55. The number of nitrogens with two attached hydrogens (primary N) is 1. The fourth-order valence-corrected chi connectivity index (χ4v) is 3.74. The fraction of sp³-hybridized carbons (Fsp3) is 0.600. The molecule has 162 valence electrons. The molecule has 29 heavy (non-hydrogen) atoms. The molecule has 3 rings (SSSR count). The van der Waals surface area contributed by atoms with Gasteiger partial charge >= 0.3 is 0 Å². The van der Waals surface area contributed by atoms with E-state index < -0.39 is 6.10 Å². The van der Waals surface area contributed by atoms with Crippen LogP contribution in [0, 0.1) is 0 Å². The Morgan fingerprint density at radius 2 is 1.83 bits per heavy atom. The number of nitrogens with zero attached hydrogens (tertiary/aromatic N) is 1. The number of likely N-dealkylation sites (tertiary alicyclic amines) is 1. The highest BCUT2D eigenvalue weighted by Gasteiger charge is 2.32. The second kappa shape index (κ2) is 10.7. The van der Waals surface area contributed by atoms with E-state index in [0.717, 1.165) is 19.3 Å². The topological polar surface area (TPSA) is 103 Å². The van der Waals surface area contributed by atoms with Crippen LogP contribution in [0.25, 0.3) is 0 Å². The third kappa shape index (κ3) is 5.52. The number of benzene rings is 1. The van der Waals surface area contributed by atoms with E-state index in [1.807, 2.05) is 0 Å². The van der Waals surface area contributed by atoms with Crippen LogP contribution in [0.3, 0.4) is 0 Å². The standard InChI is InChI=1S/C20H29N3O5.ClH/c1-26-16-5-3-13(11-18(16)27-2)20(25)23-9-7-14(8-10-23)22-19(24)17-6-4-15(12-21)28-17;/h3,5,11,14-15,17H,4,6-10,12,21H2,1-2H3,(H,22,24);1H/t15-,17+;/m1./s1. The van der Waals surface area contributed by atoms with E-state index in [1.165, 1.54) is 0 Å². The Morgan fingerprint density at radius 3 is 2.41 bits per heavy atom. The Bertz CT molecular complexity index is 709. The maximum atomic E-state index is 12.8. The van der Waals surface area contributed by atoms with Crippen molar-refractivity contribution < 1.29 is 23.8 Å². The monoisotopic (exact) mass is 427 g/mol. The third-order valence-electron chi connectivity index (χ3n) is 5.42. The predicted molar refractivity (Wildman–Crippen MR) is 111 cm³/mol. The summed E-state index contributed by atoms with van der Waals surface area (Å²) >= 11 is 0. The second-order valence-corrected chi connectivity index (χ2v) is 7.20. The molecule has 8 nitrogen and oxygen atoms in total. The quantitative estimate of drug-likeness (QED) is 0.710. The smallest absolute Gasteiger partial charge is 0.253 e. The van der Waals surface area contributed by atoms with Crippen LogP contribution in [0.1, 0.15) is 36.0 Å². The zero-order valence-electron chi connectivity index (χ0n) is 16.9. The zero-order chi connectivity index (χ0) is 20.1. The molecule has 2 heterocycles. The molecule has 2 atom stereocenters. The maximum Gasteiger partial charge on any atom is 0.253 e. The van der Waals surface area contributed by atoms with Crippen molar-refractivity contribution in [3.05, 3.63) is 23.8 Å². The molecule has 0 aromatic heterocycles. The van der Waals surface area contributed by atoms with E-state index in [-0.39, 0.29) is 36.4 Å².